The lowest BCUT2D eigenvalue weighted by molar-refractivity contribution is 0.590. The standard InChI is InChI=1S/C18H21FSi/c1-18(2,3)12-6-8-16-14(10-12)15-11-13(19)7-9-17(15)20(16,4)5/h6-11H,1-5H3. The van der Waals surface area contributed by atoms with Crippen molar-refractivity contribution in [2.75, 3.05) is 0 Å². The van der Waals surface area contributed by atoms with Crippen LogP contribution in [0.1, 0.15) is 26.3 Å². The lowest BCUT2D eigenvalue weighted by atomic mass is 9.85. The van der Waals surface area contributed by atoms with Gasteiger partial charge in [-0.05, 0) is 44.6 Å². The maximum Gasteiger partial charge on any atom is 0.123 e. The molecule has 0 bridgehead atoms. The molecule has 3 rings (SSSR count). The molecule has 0 aliphatic carbocycles. The summed E-state index contributed by atoms with van der Waals surface area (Å²) in [5.74, 6) is -0.137. The van der Waals surface area contributed by atoms with Gasteiger partial charge in [0.1, 0.15) is 13.9 Å². The highest BCUT2D eigenvalue weighted by Crippen LogP contribution is 2.32. The van der Waals surface area contributed by atoms with E-state index < -0.39 is 8.07 Å². The second kappa shape index (κ2) is 4.04. The van der Waals surface area contributed by atoms with Crippen molar-refractivity contribution >= 4 is 18.4 Å². The minimum absolute atomic E-state index is 0.122. The molecule has 0 saturated carbocycles. The Labute approximate surface area is 121 Å². The van der Waals surface area contributed by atoms with Gasteiger partial charge in [-0.25, -0.2) is 4.39 Å². The zero-order chi connectivity index (χ0) is 14.7. The molecule has 0 fully saturated rings. The van der Waals surface area contributed by atoms with E-state index in [0.717, 1.165) is 5.56 Å². The highest BCUT2D eigenvalue weighted by Gasteiger charge is 2.37. The summed E-state index contributed by atoms with van der Waals surface area (Å²) in [4.78, 5) is 0. The minimum atomic E-state index is -1.65. The van der Waals surface area contributed by atoms with Crippen LogP contribution in [0.3, 0.4) is 0 Å². The highest BCUT2D eigenvalue weighted by molar-refractivity contribution is 7.03. The number of hydrogen-bond acceptors (Lipinski definition) is 0. The van der Waals surface area contributed by atoms with Gasteiger partial charge in [0.15, 0.2) is 0 Å². The zero-order valence-corrected chi connectivity index (χ0v) is 13.8. The highest BCUT2D eigenvalue weighted by atomic mass is 28.3. The normalized spacial score (nSPS) is 15.9. The van der Waals surface area contributed by atoms with Crippen LogP contribution in [-0.4, -0.2) is 8.07 Å². The third kappa shape index (κ3) is 1.86. The summed E-state index contributed by atoms with van der Waals surface area (Å²) in [5, 5.41) is 2.80. The Balaban J connectivity index is 2.30. The van der Waals surface area contributed by atoms with E-state index in [2.05, 4.69) is 52.1 Å². The second-order valence-corrected chi connectivity index (χ2v) is 11.7. The first kappa shape index (κ1) is 13.6. The van der Waals surface area contributed by atoms with E-state index >= 15 is 0 Å². The lowest BCUT2D eigenvalue weighted by Gasteiger charge is -2.22. The van der Waals surface area contributed by atoms with Gasteiger partial charge in [0.25, 0.3) is 0 Å². The molecule has 2 aromatic rings. The molecule has 0 aromatic heterocycles. The van der Waals surface area contributed by atoms with Crippen LogP contribution >= 0.6 is 0 Å². The van der Waals surface area contributed by atoms with Crippen LogP contribution in [0.4, 0.5) is 4.39 Å². The average molecular weight is 284 g/mol. The lowest BCUT2D eigenvalue weighted by Crippen LogP contribution is -2.49. The van der Waals surface area contributed by atoms with E-state index in [4.69, 9.17) is 0 Å². The molecule has 0 spiro atoms. The number of rotatable bonds is 0. The van der Waals surface area contributed by atoms with Crippen molar-refractivity contribution in [3.05, 3.63) is 47.8 Å². The van der Waals surface area contributed by atoms with Crippen LogP contribution in [0.2, 0.25) is 13.1 Å². The molecule has 0 radical (unpaired) electrons. The first-order chi connectivity index (χ1) is 9.21. The second-order valence-electron chi connectivity index (χ2n) is 7.33. The van der Waals surface area contributed by atoms with Crippen molar-refractivity contribution in [2.45, 2.75) is 39.3 Å². The fourth-order valence-corrected chi connectivity index (χ4v) is 6.26. The van der Waals surface area contributed by atoms with E-state index in [1.54, 1.807) is 12.1 Å². The quantitative estimate of drug-likeness (QED) is 0.643. The number of fused-ring (bicyclic) bond motifs is 3. The van der Waals surface area contributed by atoms with Crippen LogP contribution in [0.5, 0.6) is 0 Å². The smallest absolute Gasteiger partial charge is 0.123 e. The molecule has 0 amide bonds. The molecule has 0 atom stereocenters. The molecular weight excluding hydrogens is 263 g/mol. The van der Waals surface area contributed by atoms with Crippen molar-refractivity contribution < 1.29 is 4.39 Å². The summed E-state index contributed by atoms with van der Waals surface area (Å²) in [6.45, 7) is 11.4. The molecule has 0 unspecified atom stereocenters. The Morgan fingerprint density at radius 1 is 0.850 bits per heavy atom. The molecule has 0 nitrogen and oxygen atoms in total. The van der Waals surface area contributed by atoms with E-state index in [9.17, 15) is 4.39 Å². The Morgan fingerprint density at radius 3 is 2.00 bits per heavy atom. The minimum Gasteiger partial charge on any atom is -0.207 e. The molecule has 2 aromatic carbocycles. The summed E-state index contributed by atoms with van der Waals surface area (Å²) < 4.78 is 13.7. The predicted molar refractivity (Wildman–Crippen MR) is 87.3 cm³/mol. The number of hydrogen-bond donors (Lipinski definition) is 0. The van der Waals surface area contributed by atoms with Gasteiger partial charge in [0.2, 0.25) is 0 Å². The van der Waals surface area contributed by atoms with Crippen molar-refractivity contribution in [3.8, 4) is 11.1 Å². The summed E-state index contributed by atoms with van der Waals surface area (Å²) >= 11 is 0. The van der Waals surface area contributed by atoms with Gasteiger partial charge in [-0.15, -0.1) is 0 Å². The van der Waals surface area contributed by atoms with Gasteiger partial charge in [-0.2, -0.15) is 0 Å². The van der Waals surface area contributed by atoms with Gasteiger partial charge in [-0.3, -0.25) is 0 Å². The van der Waals surface area contributed by atoms with Gasteiger partial charge >= 0.3 is 0 Å². The molecule has 20 heavy (non-hydrogen) atoms. The maximum atomic E-state index is 13.7. The molecule has 0 saturated heterocycles. The van der Waals surface area contributed by atoms with E-state index in [0.29, 0.717) is 0 Å². The fourth-order valence-electron chi connectivity index (χ4n) is 3.21. The topological polar surface area (TPSA) is 0 Å². The van der Waals surface area contributed by atoms with Crippen molar-refractivity contribution in [1.29, 1.82) is 0 Å². The Morgan fingerprint density at radius 2 is 1.40 bits per heavy atom. The first-order valence-corrected chi connectivity index (χ1v) is 10.2. The van der Waals surface area contributed by atoms with Crippen LogP contribution in [-0.2, 0) is 5.41 Å². The Hall–Kier alpha value is -1.41. The third-order valence-corrected chi connectivity index (χ3v) is 8.07. The fraction of sp³-hybridized carbons (Fsp3) is 0.333. The van der Waals surface area contributed by atoms with Gasteiger partial charge in [-0.1, -0.05) is 58.1 Å². The first-order valence-electron chi connectivity index (χ1n) is 7.17. The van der Waals surface area contributed by atoms with Crippen molar-refractivity contribution in [2.24, 2.45) is 0 Å². The zero-order valence-electron chi connectivity index (χ0n) is 12.8. The van der Waals surface area contributed by atoms with Gasteiger partial charge in [0.05, 0.1) is 0 Å². The average Bonchev–Trinajstić information content (AvgIpc) is 2.57. The van der Waals surface area contributed by atoms with Crippen LogP contribution in [0.15, 0.2) is 36.4 Å². The van der Waals surface area contributed by atoms with E-state index in [1.165, 1.54) is 21.5 Å². The molecular formula is C18H21FSi. The van der Waals surface area contributed by atoms with E-state index in [1.807, 2.05) is 6.07 Å². The summed E-state index contributed by atoms with van der Waals surface area (Å²) in [6, 6.07) is 12.1. The third-order valence-electron chi connectivity index (χ3n) is 4.50. The summed E-state index contributed by atoms with van der Waals surface area (Å²) in [7, 11) is -1.65. The van der Waals surface area contributed by atoms with Crippen molar-refractivity contribution in [3.63, 3.8) is 0 Å². The van der Waals surface area contributed by atoms with Gasteiger partial charge in [0, 0.05) is 0 Å². The molecule has 104 valence electrons. The van der Waals surface area contributed by atoms with Crippen LogP contribution in [0, 0.1) is 5.82 Å². The molecule has 2 heteroatoms. The Kier molecular flexibility index (Phi) is 2.74. The molecule has 1 heterocycles. The maximum absolute atomic E-state index is 13.7. The molecule has 0 N–H and O–H groups in total. The predicted octanol–water partition coefficient (Wildman–Crippen LogP) is 3.93. The van der Waals surface area contributed by atoms with Crippen LogP contribution < -0.4 is 10.4 Å². The number of halogens is 1. The van der Waals surface area contributed by atoms with Crippen LogP contribution in [0.25, 0.3) is 11.1 Å². The number of benzene rings is 2. The molecule has 1 aliphatic heterocycles. The monoisotopic (exact) mass is 284 g/mol. The van der Waals surface area contributed by atoms with E-state index in [-0.39, 0.29) is 11.2 Å². The Bertz CT molecular complexity index is 693. The van der Waals surface area contributed by atoms with Crippen molar-refractivity contribution in [1.82, 2.24) is 0 Å². The summed E-state index contributed by atoms with van der Waals surface area (Å²) in [5.41, 5.74) is 3.81. The summed E-state index contributed by atoms with van der Waals surface area (Å²) in [6.07, 6.45) is 0. The SMILES string of the molecule is CC(C)(C)c1ccc2c(c1)-c1cc(F)ccc1[Si]2(C)C. The molecule has 1 aliphatic rings. The van der Waals surface area contributed by atoms with Gasteiger partial charge < -0.3 is 0 Å². The largest absolute Gasteiger partial charge is 0.207 e.